The van der Waals surface area contributed by atoms with E-state index in [1.54, 1.807) is 6.20 Å². The van der Waals surface area contributed by atoms with Gasteiger partial charge in [-0.15, -0.1) is 0 Å². The molecule has 3 heterocycles. The van der Waals surface area contributed by atoms with Crippen LogP contribution in [0, 0.1) is 0 Å². The van der Waals surface area contributed by atoms with Crippen LogP contribution in [0.5, 0.6) is 0 Å². The van der Waals surface area contributed by atoms with Crippen LogP contribution in [0.1, 0.15) is 25.3 Å². The maximum atomic E-state index is 5.96. The molecule has 1 aliphatic rings. The van der Waals surface area contributed by atoms with Crippen LogP contribution >= 0.6 is 27.5 Å². The molecule has 4 nitrogen and oxygen atoms in total. The third-order valence-electron chi connectivity index (χ3n) is 5.02. The fraction of sp³-hybridized carbons (Fsp3) is 0.333. The maximum Gasteiger partial charge on any atom is 0.132 e. The summed E-state index contributed by atoms with van der Waals surface area (Å²) in [6.45, 7) is 8.17. The number of fused-ring (bicyclic) bond motifs is 1. The zero-order chi connectivity index (χ0) is 19.0. The van der Waals surface area contributed by atoms with E-state index in [0.717, 1.165) is 47.8 Å². The number of rotatable bonds is 3. The van der Waals surface area contributed by atoms with E-state index in [2.05, 4.69) is 68.8 Å². The first-order valence-electron chi connectivity index (χ1n) is 9.23. The van der Waals surface area contributed by atoms with E-state index in [0.29, 0.717) is 10.9 Å². The minimum absolute atomic E-state index is 0.423. The van der Waals surface area contributed by atoms with Crippen molar-refractivity contribution in [1.82, 2.24) is 9.97 Å². The summed E-state index contributed by atoms with van der Waals surface area (Å²) in [6.07, 6.45) is 1.71. The zero-order valence-corrected chi connectivity index (χ0v) is 17.8. The second kappa shape index (κ2) is 7.64. The topological polar surface area (TPSA) is 32.3 Å². The van der Waals surface area contributed by atoms with Gasteiger partial charge in [-0.2, -0.15) is 0 Å². The lowest BCUT2D eigenvalue weighted by Crippen LogP contribution is -2.47. The van der Waals surface area contributed by atoms with Crippen molar-refractivity contribution in [3.63, 3.8) is 0 Å². The molecule has 0 aliphatic carbocycles. The molecule has 140 valence electrons. The molecule has 2 aromatic heterocycles. The molecule has 0 saturated carbocycles. The summed E-state index contributed by atoms with van der Waals surface area (Å²) in [5.74, 6) is 2.52. The van der Waals surface area contributed by atoms with Crippen LogP contribution in [-0.2, 0) is 0 Å². The third-order valence-corrected chi connectivity index (χ3v) is 5.74. The Morgan fingerprint density at radius 1 is 1.00 bits per heavy atom. The summed E-state index contributed by atoms with van der Waals surface area (Å²) >= 11 is 9.52. The number of hydrogen-bond donors (Lipinski definition) is 0. The number of anilines is 2. The van der Waals surface area contributed by atoms with Crippen LogP contribution in [0.25, 0.3) is 10.9 Å². The van der Waals surface area contributed by atoms with E-state index in [9.17, 15) is 0 Å². The Morgan fingerprint density at radius 3 is 2.41 bits per heavy atom. The summed E-state index contributed by atoms with van der Waals surface area (Å²) in [6, 6.07) is 12.5. The number of hydrogen-bond acceptors (Lipinski definition) is 4. The van der Waals surface area contributed by atoms with Crippen LogP contribution < -0.4 is 9.80 Å². The Kier molecular flexibility index (Phi) is 5.24. The van der Waals surface area contributed by atoms with Gasteiger partial charge in [0.05, 0.1) is 10.5 Å². The van der Waals surface area contributed by atoms with Gasteiger partial charge in [-0.25, -0.2) is 9.97 Å². The van der Waals surface area contributed by atoms with E-state index in [-0.39, 0.29) is 0 Å². The van der Waals surface area contributed by atoms with Gasteiger partial charge in [0.2, 0.25) is 0 Å². The average molecular weight is 446 g/mol. The van der Waals surface area contributed by atoms with Crippen molar-refractivity contribution >= 4 is 50.1 Å². The van der Waals surface area contributed by atoms with Crippen LogP contribution in [-0.4, -0.2) is 36.1 Å². The molecule has 27 heavy (non-hydrogen) atoms. The van der Waals surface area contributed by atoms with Gasteiger partial charge in [-0.1, -0.05) is 41.4 Å². The molecule has 1 fully saturated rings. The first kappa shape index (κ1) is 18.5. The lowest BCUT2D eigenvalue weighted by Gasteiger charge is -2.37. The highest BCUT2D eigenvalue weighted by molar-refractivity contribution is 9.10. The van der Waals surface area contributed by atoms with E-state index in [1.165, 1.54) is 10.9 Å². The molecule has 1 aromatic carbocycles. The number of pyridine rings is 2. The van der Waals surface area contributed by atoms with Gasteiger partial charge in [-0.3, -0.25) is 0 Å². The van der Waals surface area contributed by atoms with Crippen molar-refractivity contribution in [2.45, 2.75) is 19.8 Å². The number of benzene rings is 1. The summed E-state index contributed by atoms with van der Waals surface area (Å²) in [5.41, 5.74) is 2.35. The van der Waals surface area contributed by atoms with Crippen molar-refractivity contribution in [2.24, 2.45) is 0 Å². The fourth-order valence-electron chi connectivity index (χ4n) is 3.53. The number of halogens is 2. The monoisotopic (exact) mass is 444 g/mol. The number of piperazine rings is 1. The highest BCUT2D eigenvalue weighted by Gasteiger charge is 2.22. The third kappa shape index (κ3) is 3.90. The van der Waals surface area contributed by atoms with E-state index < -0.39 is 0 Å². The smallest absolute Gasteiger partial charge is 0.132 e. The average Bonchev–Trinajstić information content (AvgIpc) is 2.67. The van der Waals surface area contributed by atoms with Gasteiger partial charge in [0.15, 0.2) is 0 Å². The summed E-state index contributed by atoms with van der Waals surface area (Å²) < 4.78 is 1.09. The molecular weight excluding hydrogens is 424 g/mol. The fourth-order valence-corrected chi connectivity index (χ4v) is 4.02. The molecule has 0 spiro atoms. The van der Waals surface area contributed by atoms with E-state index in [4.69, 9.17) is 16.6 Å². The van der Waals surface area contributed by atoms with Gasteiger partial charge < -0.3 is 9.80 Å². The van der Waals surface area contributed by atoms with Gasteiger partial charge in [0.1, 0.15) is 11.6 Å². The van der Waals surface area contributed by atoms with Crippen LogP contribution in [0.4, 0.5) is 11.6 Å². The molecule has 4 rings (SSSR count). The van der Waals surface area contributed by atoms with Crippen LogP contribution in [0.3, 0.4) is 0 Å². The molecule has 6 heteroatoms. The first-order chi connectivity index (χ1) is 13.0. The molecule has 1 aliphatic heterocycles. The van der Waals surface area contributed by atoms with Gasteiger partial charge in [0.25, 0.3) is 0 Å². The van der Waals surface area contributed by atoms with Crippen molar-refractivity contribution in [3.8, 4) is 0 Å². The lowest BCUT2D eigenvalue weighted by molar-refractivity contribution is 0.637. The zero-order valence-electron chi connectivity index (χ0n) is 15.5. The Hall–Kier alpha value is -1.85. The van der Waals surface area contributed by atoms with Crippen LogP contribution in [0.15, 0.2) is 47.1 Å². The first-order valence-corrected chi connectivity index (χ1v) is 10.4. The lowest BCUT2D eigenvalue weighted by atomic mass is 10.0. The predicted molar refractivity (Wildman–Crippen MR) is 117 cm³/mol. The Labute approximate surface area is 173 Å². The van der Waals surface area contributed by atoms with Crippen molar-refractivity contribution < 1.29 is 0 Å². The molecule has 0 atom stereocenters. The SMILES string of the molecule is CC(C)c1cc2cc(Br)ccc2nc1N1CCN(c2ccc(Cl)cn2)CC1. The summed E-state index contributed by atoms with van der Waals surface area (Å²) in [5, 5.41) is 1.85. The number of aromatic nitrogens is 2. The molecule has 0 bridgehead atoms. The summed E-state index contributed by atoms with van der Waals surface area (Å²) in [4.78, 5) is 14.2. The molecule has 0 N–H and O–H groups in total. The molecule has 1 saturated heterocycles. The normalized spacial score (nSPS) is 15.0. The quantitative estimate of drug-likeness (QED) is 0.533. The minimum Gasteiger partial charge on any atom is -0.353 e. The van der Waals surface area contributed by atoms with E-state index >= 15 is 0 Å². The number of nitrogens with zero attached hydrogens (tertiary/aromatic N) is 4. The molecule has 0 radical (unpaired) electrons. The largest absolute Gasteiger partial charge is 0.353 e. The van der Waals surface area contributed by atoms with Crippen molar-refractivity contribution in [3.05, 3.63) is 57.7 Å². The highest BCUT2D eigenvalue weighted by atomic mass is 79.9. The highest BCUT2D eigenvalue weighted by Crippen LogP contribution is 2.31. The standard InChI is InChI=1S/C21H22BrClN4/c1-14(2)18-12-15-11-16(22)3-5-19(15)25-21(18)27-9-7-26(8-10-27)20-6-4-17(23)13-24-20/h3-6,11-14H,7-10H2,1-2H3. The second-order valence-corrected chi connectivity index (χ2v) is 8.55. The Bertz CT molecular complexity index is 950. The second-order valence-electron chi connectivity index (χ2n) is 7.20. The maximum absolute atomic E-state index is 5.96. The summed E-state index contributed by atoms with van der Waals surface area (Å²) in [7, 11) is 0. The predicted octanol–water partition coefficient (Wildman–Crippen LogP) is 5.50. The molecule has 0 amide bonds. The van der Waals surface area contributed by atoms with Crippen LogP contribution in [0.2, 0.25) is 5.02 Å². The van der Waals surface area contributed by atoms with Gasteiger partial charge in [0, 0.05) is 42.2 Å². The van der Waals surface area contributed by atoms with E-state index in [1.807, 2.05) is 12.1 Å². The molecular formula is C21H22BrClN4. The Morgan fingerprint density at radius 2 is 1.74 bits per heavy atom. The van der Waals surface area contributed by atoms with Gasteiger partial charge >= 0.3 is 0 Å². The minimum atomic E-state index is 0.423. The molecule has 3 aromatic rings. The van der Waals surface area contributed by atoms with Crippen molar-refractivity contribution in [1.29, 1.82) is 0 Å². The Balaban J connectivity index is 1.60. The van der Waals surface area contributed by atoms with Crippen molar-refractivity contribution in [2.75, 3.05) is 36.0 Å². The van der Waals surface area contributed by atoms with Gasteiger partial charge in [-0.05, 0) is 47.9 Å². The molecule has 0 unspecified atom stereocenters.